The zero-order valence-corrected chi connectivity index (χ0v) is 9.45. The molecule has 0 aliphatic carbocycles. The fraction of sp³-hybridized carbons (Fsp3) is 0.545. The van der Waals surface area contributed by atoms with Crippen molar-refractivity contribution in [1.82, 2.24) is 9.97 Å². The van der Waals surface area contributed by atoms with Gasteiger partial charge < -0.3 is 5.73 Å². The summed E-state index contributed by atoms with van der Waals surface area (Å²) in [7, 11) is 0. The van der Waals surface area contributed by atoms with Gasteiger partial charge in [0.2, 0.25) is 0 Å². The number of amides is 1. The number of nitrogens with zero attached hydrogens (tertiary/aromatic N) is 2. The SMILES string of the molecule is CC(C)(C)CCc1nccnc1C(N)=O. The van der Waals surface area contributed by atoms with E-state index in [0.717, 1.165) is 12.8 Å². The van der Waals surface area contributed by atoms with E-state index in [4.69, 9.17) is 5.73 Å². The van der Waals surface area contributed by atoms with E-state index in [-0.39, 0.29) is 5.41 Å². The number of aromatic nitrogens is 2. The first-order chi connectivity index (χ1) is 6.90. The number of nitrogens with two attached hydrogens (primary N) is 1. The van der Waals surface area contributed by atoms with Gasteiger partial charge in [0, 0.05) is 12.4 Å². The molecule has 1 amide bonds. The van der Waals surface area contributed by atoms with E-state index in [9.17, 15) is 4.79 Å². The molecule has 0 atom stereocenters. The average molecular weight is 207 g/mol. The van der Waals surface area contributed by atoms with Gasteiger partial charge in [-0.25, -0.2) is 4.98 Å². The Morgan fingerprint density at radius 2 is 1.93 bits per heavy atom. The smallest absolute Gasteiger partial charge is 0.269 e. The average Bonchev–Trinajstić information content (AvgIpc) is 2.14. The van der Waals surface area contributed by atoms with Gasteiger partial charge in [-0.15, -0.1) is 0 Å². The second-order valence-corrected chi connectivity index (χ2v) is 4.78. The van der Waals surface area contributed by atoms with Crippen LogP contribution in [-0.2, 0) is 6.42 Å². The Labute approximate surface area is 89.9 Å². The minimum absolute atomic E-state index is 0.215. The van der Waals surface area contributed by atoms with Crippen LogP contribution in [0.3, 0.4) is 0 Å². The molecule has 1 aromatic heterocycles. The standard InChI is InChI=1S/C11H17N3O/c1-11(2,3)5-4-8-9(10(12)15)14-7-6-13-8/h6-7H,4-5H2,1-3H3,(H2,12,15). The lowest BCUT2D eigenvalue weighted by Gasteiger charge is -2.17. The van der Waals surface area contributed by atoms with Crippen LogP contribution in [0.1, 0.15) is 43.4 Å². The predicted octanol–water partition coefficient (Wildman–Crippen LogP) is 1.55. The molecule has 1 rings (SSSR count). The molecule has 2 N–H and O–H groups in total. The summed E-state index contributed by atoms with van der Waals surface area (Å²) in [5.41, 5.74) is 6.41. The summed E-state index contributed by atoms with van der Waals surface area (Å²) in [5, 5.41) is 0. The molecule has 0 saturated heterocycles. The molecule has 0 unspecified atom stereocenters. The predicted molar refractivity (Wildman–Crippen MR) is 58.3 cm³/mol. The normalized spacial score (nSPS) is 11.4. The summed E-state index contributed by atoms with van der Waals surface area (Å²) < 4.78 is 0. The zero-order chi connectivity index (χ0) is 11.5. The van der Waals surface area contributed by atoms with Gasteiger partial charge in [0.1, 0.15) is 5.69 Å². The number of carbonyl (C=O) groups is 1. The lowest BCUT2D eigenvalue weighted by atomic mass is 9.89. The number of carbonyl (C=O) groups excluding carboxylic acids is 1. The van der Waals surface area contributed by atoms with Crippen LogP contribution in [0.25, 0.3) is 0 Å². The van der Waals surface area contributed by atoms with Crippen LogP contribution in [0, 0.1) is 5.41 Å². The summed E-state index contributed by atoms with van der Waals surface area (Å²) in [5.74, 6) is -0.507. The summed E-state index contributed by atoms with van der Waals surface area (Å²) in [4.78, 5) is 19.1. The molecule has 4 nitrogen and oxygen atoms in total. The number of rotatable bonds is 3. The van der Waals surface area contributed by atoms with Crippen molar-refractivity contribution in [2.45, 2.75) is 33.6 Å². The van der Waals surface area contributed by atoms with Gasteiger partial charge in [-0.05, 0) is 18.3 Å². The van der Waals surface area contributed by atoms with Crippen molar-refractivity contribution in [3.63, 3.8) is 0 Å². The summed E-state index contributed by atoms with van der Waals surface area (Å²) in [6.07, 6.45) is 4.76. The van der Waals surface area contributed by atoms with E-state index in [1.165, 1.54) is 6.20 Å². The van der Waals surface area contributed by atoms with Crippen LogP contribution < -0.4 is 5.73 Å². The van der Waals surface area contributed by atoms with Gasteiger partial charge >= 0.3 is 0 Å². The largest absolute Gasteiger partial charge is 0.364 e. The lowest BCUT2D eigenvalue weighted by Crippen LogP contribution is -2.18. The molecule has 0 radical (unpaired) electrons. The Balaban J connectivity index is 2.81. The third-order valence-electron chi connectivity index (χ3n) is 2.12. The maximum absolute atomic E-state index is 11.1. The van der Waals surface area contributed by atoms with Crippen molar-refractivity contribution in [2.24, 2.45) is 11.1 Å². The van der Waals surface area contributed by atoms with Crippen molar-refractivity contribution >= 4 is 5.91 Å². The first-order valence-electron chi connectivity index (χ1n) is 5.00. The maximum atomic E-state index is 11.1. The summed E-state index contributed by atoms with van der Waals surface area (Å²) in [6.45, 7) is 6.44. The third-order valence-corrected chi connectivity index (χ3v) is 2.12. The van der Waals surface area contributed by atoms with E-state index in [1.54, 1.807) is 6.20 Å². The van der Waals surface area contributed by atoms with Gasteiger partial charge in [-0.2, -0.15) is 0 Å². The van der Waals surface area contributed by atoms with Crippen LogP contribution in [0.4, 0.5) is 0 Å². The van der Waals surface area contributed by atoms with E-state index in [1.807, 2.05) is 0 Å². The molecule has 0 aliphatic heterocycles. The van der Waals surface area contributed by atoms with E-state index in [2.05, 4.69) is 30.7 Å². The van der Waals surface area contributed by atoms with Gasteiger partial charge in [0.05, 0.1) is 5.69 Å². The number of aryl methyl sites for hydroxylation is 1. The maximum Gasteiger partial charge on any atom is 0.269 e. The van der Waals surface area contributed by atoms with Crippen molar-refractivity contribution in [1.29, 1.82) is 0 Å². The highest BCUT2D eigenvalue weighted by Gasteiger charge is 2.15. The third kappa shape index (κ3) is 3.65. The second kappa shape index (κ2) is 4.38. The Bertz CT molecular complexity index is 355. The first kappa shape index (κ1) is 11.6. The molecule has 0 fully saturated rings. The van der Waals surface area contributed by atoms with Crippen molar-refractivity contribution in [3.8, 4) is 0 Å². The molecule has 0 aromatic carbocycles. The van der Waals surface area contributed by atoms with Crippen LogP contribution in [-0.4, -0.2) is 15.9 Å². The van der Waals surface area contributed by atoms with Crippen LogP contribution in [0.15, 0.2) is 12.4 Å². The quantitative estimate of drug-likeness (QED) is 0.817. The number of hydrogen-bond acceptors (Lipinski definition) is 3. The highest BCUT2D eigenvalue weighted by molar-refractivity contribution is 5.91. The summed E-state index contributed by atoms with van der Waals surface area (Å²) in [6, 6.07) is 0. The Kier molecular flexibility index (Phi) is 3.39. The first-order valence-corrected chi connectivity index (χ1v) is 5.00. The Morgan fingerprint density at radius 1 is 1.33 bits per heavy atom. The fourth-order valence-electron chi connectivity index (χ4n) is 1.25. The van der Waals surface area contributed by atoms with Gasteiger partial charge in [0.25, 0.3) is 5.91 Å². The van der Waals surface area contributed by atoms with Crippen molar-refractivity contribution in [2.75, 3.05) is 0 Å². The minimum Gasteiger partial charge on any atom is -0.364 e. The highest BCUT2D eigenvalue weighted by Crippen LogP contribution is 2.21. The highest BCUT2D eigenvalue weighted by atomic mass is 16.1. The monoisotopic (exact) mass is 207 g/mol. The van der Waals surface area contributed by atoms with E-state index in [0.29, 0.717) is 11.4 Å². The van der Waals surface area contributed by atoms with Crippen LogP contribution in [0.2, 0.25) is 0 Å². The molecule has 0 bridgehead atoms. The zero-order valence-electron chi connectivity index (χ0n) is 9.45. The molecule has 4 heteroatoms. The molecular formula is C11H17N3O. The van der Waals surface area contributed by atoms with Crippen molar-refractivity contribution in [3.05, 3.63) is 23.8 Å². The summed E-state index contributed by atoms with van der Waals surface area (Å²) >= 11 is 0. The molecule has 0 spiro atoms. The molecule has 82 valence electrons. The van der Waals surface area contributed by atoms with Gasteiger partial charge in [-0.1, -0.05) is 20.8 Å². The van der Waals surface area contributed by atoms with E-state index < -0.39 is 5.91 Å². The van der Waals surface area contributed by atoms with Crippen LogP contribution >= 0.6 is 0 Å². The molecular weight excluding hydrogens is 190 g/mol. The Hall–Kier alpha value is -1.45. The lowest BCUT2D eigenvalue weighted by molar-refractivity contribution is 0.0993. The Morgan fingerprint density at radius 3 is 2.47 bits per heavy atom. The number of primary amides is 1. The molecule has 1 aromatic rings. The van der Waals surface area contributed by atoms with Crippen molar-refractivity contribution < 1.29 is 4.79 Å². The minimum atomic E-state index is -0.507. The fourth-order valence-corrected chi connectivity index (χ4v) is 1.25. The molecule has 1 heterocycles. The molecule has 0 aliphatic rings. The van der Waals surface area contributed by atoms with Gasteiger partial charge in [0.15, 0.2) is 0 Å². The molecule has 15 heavy (non-hydrogen) atoms. The number of hydrogen-bond donors (Lipinski definition) is 1. The topological polar surface area (TPSA) is 68.9 Å². The second-order valence-electron chi connectivity index (χ2n) is 4.78. The van der Waals surface area contributed by atoms with Crippen LogP contribution in [0.5, 0.6) is 0 Å². The van der Waals surface area contributed by atoms with Gasteiger partial charge in [-0.3, -0.25) is 9.78 Å². The molecule has 0 saturated carbocycles. The van der Waals surface area contributed by atoms with E-state index >= 15 is 0 Å².